The van der Waals surface area contributed by atoms with Crippen molar-refractivity contribution in [3.63, 3.8) is 0 Å². The van der Waals surface area contributed by atoms with Crippen molar-refractivity contribution in [2.75, 3.05) is 70.1 Å². The molecule has 0 spiro atoms. The van der Waals surface area contributed by atoms with E-state index < -0.39 is 96.9 Å². The molecular formula is C55H98N17O21P15. The van der Waals surface area contributed by atoms with Crippen LogP contribution in [0.15, 0.2) is 78.5 Å². The van der Waals surface area contributed by atoms with E-state index in [9.17, 15) is 54.3 Å². The van der Waals surface area contributed by atoms with Gasteiger partial charge in [0.1, 0.15) is 79.3 Å². The van der Waals surface area contributed by atoms with Gasteiger partial charge in [-0.3, -0.25) is 51.3 Å². The lowest BCUT2D eigenvalue weighted by molar-refractivity contribution is -0.0388. The molecule has 0 saturated carbocycles. The predicted octanol–water partition coefficient (Wildman–Crippen LogP) is 5.20. The van der Waals surface area contributed by atoms with E-state index in [2.05, 4.69) is 95.5 Å². The van der Waals surface area contributed by atoms with Crippen LogP contribution in [-0.4, -0.2) is 208 Å². The predicted molar refractivity (Wildman–Crippen MR) is 455 cm³/mol. The molecule has 5 fully saturated rings. The van der Waals surface area contributed by atoms with Crippen molar-refractivity contribution in [2.24, 2.45) is 14.1 Å². The van der Waals surface area contributed by atoms with Crippen LogP contribution in [0.2, 0.25) is 0 Å². The highest BCUT2D eigenvalue weighted by atomic mass is 32.4. The summed E-state index contributed by atoms with van der Waals surface area (Å²) < 4.78 is 65.7. The quantitative estimate of drug-likeness (QED) is 0.0225. The number of imidazole rings is 2. The van der Waals surface area contributed by atoms with E-state index >= 15 is 0 Å². The first-order valence-electron chi connectivity index (χ1n) is 32.2. The molecular weight excluding hydrogens is 1700 g/mol. The second-order valence-corrected chi connectivity index (χ2v) is 47.5. The maximum atomic E-state index is 12.1. The molecule has 5 saturated heterocycles. The summed E-state index contributed by atoms with van der Waals surface area (Å²) in [5, 5.41) is 58.8. The summed E-state index contributed by atoms with van der Waals surface area (Å²) in [5.74, 6) is 1.53. The Kier molecular flexibility index (Phi) is 42.5. The minimum atomic E-state index is -0.683. The maximum absolute atomic E-state index is 12.1. The molecule has 38 nitrogen and oxygen atoms in total. The van der Waals surface area contributed by atoms with Crippen LogP contribution in [0.5, 0.6) is 0 Å². The SMILES string of the molecule is C.C.CNc1ccn([C@H]2CC(O)[C@@H](COPPP)O2)c(=O)n1.CNc1nc2c(ncn2[C@H]2CC(O)[C@@H](COPPP)O2)c(=O)[nH]1.CNc1ncnc2c1ncn2[C@H]1CC(O)[C@@H](COPPP)O1.Cc1cn([C@H]2CC(O)[C@@H](COPPP)O2)c(=O)n(C)c1=O.Cn1c(=O)ccn([C@H]2CC(O)[C@@H](COPPP)O2)c1=O. The molecule has 20 unspecified atom stereocenters. The normalized spacial score (nSPS) is 25.9. The molecule has 7 aromatic rings. The number of aromatic amines is 1. The van der Waals surface area contributed by atoms with E-state index in [-0.39, 0.29) is 49.4 Å². The molecule has 5 aliphatic rings. The number of fused-ring (bicyclic) bond motifs is 2. The zero-order chi connectivity index (χ0) is 76.7. The fraction of sp³-hybridized carbons (Fsp3) is 0.600. The summed E-state index contributed by atoms with van der Waals surface area (Å²) in [5.41, 5.74) is 0.188. The van der Waals surface area contributed by atoms with Gasteiger partial charge in [-0.1, -0.05) is 54.6 Å². The number of anilines is 3. The van der Waals surface area contributed by atoms with E-state index in [4.69, 9.17) is 46.3 Å². The van der Waals surface area contributed by atoms with Crippen LogP contribution < -0.4 is 49.7 Å². The summed E-state index contributed by atoms with van der Waals surface area (Å²) in [6, 6.07) is 3.00. The van der Waals surface area contributed by atoms with Crippen molar-refractivity contribution < 1.29 is 71.8 Å². The van der Waals surface area contributed by atoms with E-state index in [0.29, 0.717) is 187 Å². The Hall–Kier alpha value is -1.61. The van der Waals surface area contributed by atoms with Crippen LogP contribution in [0.4, 0.5) is 17.6 Å². The van der Waals surface area contributed by atoms with E-state index in [0.717, 1.165) is 9.13 Å². The van der Waals surface area contributed by atoms with Crippen LogP contribution in [0.1, 0.15) is 83.7 Å². The largest absolute Gasteiger partial charge is 0.390 e. The van der Waals surface area contributed by atoms with E-state index in [1.165, 1.54) is 58.9 Å². The standard InChI is InChI=1S/C11H18N5O4P3.C11H18N5O3P3.C11H19N2O5P3.C10H18N3O4P3.C10H17N2O5P3.2CH4/c1-12-11-14-9-8(10(18)15-11)13-4-16(9)7-2-5(17)6(20-7)3-19-22-23-21;1-12-10-9-11(14-4-13-10)16(5-15-9)8-2-6(17)7(19-8)3-18-21-22-20;1-6-4-13(11(16)12(2)10(6)15)9-3-7(14)8(18-9)5-17-20-21-19;1-11-8-2-3-13(10(15)12-8)9-4-6(14)7(17-9)5-16-19-20-18;1-11-8(14)2-3-12(10(11)15)9-4-6(13)7(17-9)5-16-19-20-18;;/h4-7,17,22-23H,2-3,21H2,1H3,(H2,12,14,15,18);4-8,17,21-22H,2-3,20H2,1H3,(H,12,13,14);4,7-9,14,20-21H,3,5,19H2,1-2H3;2-3,6-7,9,14,19-20H,4-5,18H2,1H3,(H,11,12,15);2-3,6-7,9,13,19-20H,4-5,18H2,1H3;2*1H4/t5?,6-,7-;6?,7-,8-;7?,8-,9-;2*6?,7-,9-;;/m11111../s1. The zero-order valence-corrected chi connectivity index (χ0v) is 73.6. The third-order valence-electron chi connectivity index (χ3n) is 16.5. The first-order valence-corrected chi connectivity index (χ1v) is 55.8. The Balaban J connectivity index is 0.000000210. The highest BCUT2D eigenvalue weighted by molar-refractivity contribution is 8.39. The second-order valence-electron chi connectivity index (χ2n) is 23.3. The van der Waals surface area contributed by atoms with Crippen LogP contribution in [0, 0.1) is 6.92 Å². The Morgan fingerprint density at radius 1 is 0.500 bits per heavy atom. The van der Waals surface area contributed by atoms with Gasteiger partial charge in [-0.2, -0.15) is 9.97 Å². The van der Waals surface area contributed by atoms with Crippen LogP contribution in [0.3, 0.4) is 0 Å². The zero-order valence-electron chi connectivity index (χ0n) is 57.8. The smallest absolute Gasteiger partial charge is 0.351 e. The molecule has 12 heterocycles. The van der Waals surface area contributed by atoms with E-state index in [1.54, 1.807) is 51.2 Å². The lowest BCUT2D eigenvalue weighted by Crippen LogP contribution is -2.40. The molecule has 604 valence electrons. The van der Waals surface area contributed by atoms with Crippen LogP contribution in [0.25, 0.3) is 22.3 Å². The first kappa shape index (κ1) is 95.2. The molecule has 0 radical (unpaired) electrons. The van der Waals surface area contributed by atoms with Gasteiger partial charge in [0, 0.05) is 140 Å². The molecule has 0 bridgehead atoms. The van der Waals surface area contributed by atoms with Gasteiger partial charge in [0.05, 0.1) is 76.2 Å². The van der Waals surface area contributed by atoms with E-state index in [1.807, 2.05) is 4.57 Å². The average Bonchev–Trinajstić information content (AvgIpc) is 1.64. The van der Waals surface area contributed by atoms with Gasteiger partial charge < -0.3 is 87.8 Å². The van der Waals surface area contributed by atoms with Gasteiger partial charge in [-0.25, -0.2) is 34.3 Å². The van der Waals surface area contributed by atoms with Crippen molar-refractivity contribution >= 4 is 167 Å². The number of hydrogen-bond acceptors (Lipinski definition) is 30. The molecule has 0 aromatic carbocycles. The first-order chi connectivity index (χ1) is 51.0. The molecule has 30 atom stereocenters. The number of aliphatic hydroxyl groups is 5. The summed E-state index contributed by atoms with van der Waals surface area (Å²) in [4.78, 5) is 98.6. The molecule has 5 aliphatic heterocycles. The number of aliphatic hydroxyl groups excluding tert-OH is 5. The fourth-order valence-electron chi connectivity index (χ4n) is 11.1. The molecule has 7 aromatic heterocycles. The monoisotopic (exact) mass is 1800 g/mol. The van der Waals surface area contributed by atoms with Crippen molar-refractivity contribution in [1.82, 2.24) is 66.9 Å². The van der Waals surface area contributed by atoms with Gasteiger partial charge in [-0.15, -0.1) is 44.6 Å². The topological polar surface area (TPSA) is 460 Å². The third-order valence-corrected chi connectivity index (χ3v) is 27.9. The average molecular weight is 1800 g/mol. The molecule has 12 rings (SSSR count). The van der Waals surface area contributed by atoms with Gasteiger partial charge in [0.25, 0.3) is 16.7 Å². The minimum Gasteiger partial charge on any atom is -0.390 e. The molecule has 108 heavy (non-hydrogen) atoms. The minimum absolute atomic E-state index is 0. The van der Waals surface area contributed by atoms with Crippen LogP contribution in [-0.2, 0) is 60.4 Å². The number of aryl methyl sites for hydroxylation is 1. The molecule has 53 heteroatoms. The molecule has 9 N–H and O–H groups in total. The number of nitrogens with zero attached hydrogens (tertiary/aromatic N) is 13. The Morgan fingerprint density at radius 3 is 1.31 bits per heavy atom. The summed E-state index contributed by atoms with van der Waals surface area (Å²) in [6.45, 7) is 3.34. The second kappa shape index (κ2) is 48.2. The highest BCUT2D eigenvalue weighted by Crippen LogP contribution is 2.48. The Morgan fingerprint density at radius 2 is 0.898 bits per heavy atom. The number of aromatic nitrogens is 14. The van der Waals surface area contributed by atoms with Gasteiger partial charge >= 0.3 is 17.1 Å². The summed E-state index contributed by atoms with van der Waals surface area (Å²) >= 11 is 0. The highest BCUT2D eigenvalue weighted by Gasteiger charge is 2.41. The number of H-pyrrole nitrogens is 1. The molecule has 0 amide bonds. The van der Waals surface area contributed by atoms with Crippen molar-refractivity contribution in [1.29, 1.82) is 0 Å². The van der Waals surface area contributed by atoms with Crippen molar-refractivity contribution in [3.8, 4) is 0 Å². The lowest BCUT2D eigenvalue weighted by atomic mass is 10.2. The maximum Gasteiger partial charge on any atom is 0.351 e. The summed E-state index contributed by atoms with van der Waals surface area (Å²) in [6.07, 6.45) is 3.50. The number of ether oxygens (including phenoxy) is 5. The Labute approximate surface area is 650 Å². The van der Waals surface area contributed by atoms with Gasteiger partial charge in [-0.05, 0) is 13.0 Å². The summed E-state index contributed by atoms with van der Waals surface area (Å²) in [7, 11) is 26.2. The van der Waals surface area contributed by atoms with Crippen molar-refractivity contribution in [2.45, 2.75) is 146 Å². The van der Waals surface area contributed by atoms with Crippen LogP contribution >= 0.6 is 127 Å². The number of rotatable bonds is 28. The third kappa shape index (κ3) is 25.9. The Bertz CT molecular complexity index is 4310. The number of nitrogens with one attached hydrogen (secondary N) is 4. The number of hydrogen-bond donors (Lipinski definition) is 9. The van der Waals surface area contributed by atoms with Gasteiger partial charge in [0.2, 0.25) is 5.95 Å². The lowest BCUT2D eigenvalue weighted by Gasteiger charge is -2.17. The van der Waals surface area contributed by atoms with Gasteiger partial charge in [0.15, 0.2) is 22.6 Å². The fourth-order valence-corrected chi connectivity index (χ4v) is 19.0. The molecule has 0 aliphatic carbocycles. The van der Waals surface area contributed by atoms with Crippen molar-refractivity contribution in [3.05, 3.63) is 118 Å².